The van der Waals surface area contributed by atoms with Gasteiger partial charge in [-0.25, -0.2) is 9.78 Å². The fourth-order valence-electron chi connectivity index (χ4n) is 2.74. The fraction of sp³-hybridized carbons (Fsp3) is 0.200. The summed E-state index contributed by atoms with van der Waals surface area (Å²) >= 11 is 0. The molecule has 3 rings (SSSR count). The number of methoxy groups -OCH3 is 2. The van der Waals surface area contributed by atoms with Crippen molar-refractivity contribution in [1.29, 1.82) is 0 Å². The summed E-state index contributed by atoms with van der Waals surface area (Å²) in [5.41, 5.74) is 2.68. The third kappa shape index (κ3) is 3.26. The van der Waals surface area contributed by atoms with Gasteiger partial charge in [0, 0.05) is 12.1 Å². The van der Waals surface area contributed by atoms with Crippen molar-refractivity contribution >= 4 is 16.9 Å². The van der Waals surface area contributed by atoms with Gasteiger partial charge in [0.05, 0.1) is 31.7 Å². The quantitative estimate of drug-likeness (QED) is 0.656. The number of ether oxygens (including phenoxy) is 3. The molecule has 0 radical (unpaired) electrons. The largest absolute Gasteiger partial charge is 0.497 e. The van der Waals surface area contributed by atoms with Gasteiger partial charge in [-0.1, -0.05) is 30.3 Å². The average Bonchev–Trinajstić information content (AvgIpc) is 2.66. The Morgan fingerprint density at radius 2 is 1.80 bits per heavy atom. The standard InChI is InChI=1S/C20H19NO4/c1-4-25-20(22)17-12-15(13-8-6-5-7-9-13)19-16(21-17)10-14(23-2)11-18(19)24-3/h5-12H,4H2,1-3H3. The summed E-state index contributed by atoms with van der Waals surface area (Å²) < 4.78 is 16.0. The van der Waals surface area contributed by atoms with E-state index in [1.54, 1.807) is 39.3 Å². The zero-order valence-corrected chi connectivity index (χ0v) is 14.4. The minimum atomic E-state index is -0.455. The molecule has 128 valence electrons. The van der Waals surface area contributed by atoms with Crippen LogP contribution in [0.4, 0.5) is 0 Å². The van der Waals surface area contributed by atoms with Gasteiger partial charge in [-0.3, -0.25) is 0 Å². The molecule has 0 saturated carbocycles. The number of pyridine rings is 1. The van der Waals surface area contributed by atoms with Gasteiger partial charge in [0.15, 0.2) is 0 Å². The van der Waals surface area contributed by atoms with Crippen molar-refractivity contribution in [2.75, 3.05) is 20.8 Å². The minimum absolute atomic E-state index is 0.253. The fourth-order valence-corrected chi connectivity index (χ4v) is 2.74. The van der Waals surface area contributed by atoms with Crippen LogP contribution in [0, 0.1) is 0 Å². The topological polar surface area (TPSA) is 57.7 Å². The maximum Gasteiger partial charge on any atom is 0.356 e. The molecular weight excluding hydrogens is 318 g/mol. The first-order valence-corrected chi connectivity index (χ1v) is 7.97. The van der Waals surface area contributed by atoms with Gasteiger partial charge in [-0.05, 0) is 24.1 Å². The lowest BCUT2D eigenvalue weighted by molar-refractivity contribution is 0.0520. The smallest absolute Gasteiger partial charge is 0.356 e. The van der Waals surface area contributed by atoms with E-state index in [1.807, 2.05) is 30.3 Å². The first-order valence-electron chi connectivity index (χ1n) is 7.97. The number of carbonyl (C=O) groups excluding carboxylic acids is 1. The number of esters is 1. The molecular formula is C20H19NO4. The summed E-state index contributed by atoms with van der Waals surface area (Å²) in [5.74, 6) is 0.788. The van der Waals surface area contributed by atoms with Gasteiger partial charge in [0.1, 0.15) is 17.2 Å². The molecule has 0 fully saturated rings. The molecule has 1 heterocycles. The van der Waals surface area contributed by atoms with E-state index in [1.165, 1.54) is 0 Å². The van der Waals surface area contributed by atoms with Crippen molar-refractivity contribution in [2.24, 2.45) is 0 Å². The highest BCUT2D eigenvalue weighted by Crippen LogP contribution is 2.38. The Bertz CT molecular complexity index is 906. The summed E-state index contributed by atoms with van der Waals surface area (Å²) in [5, 5.41) is 0.822. The Hall–Kier alpha value is -3.08. The number of rotatable bonds is 5. The Morgan fingerprint density at radius 3 is 2.44 bits per heavy atom. The first-order chi connectivity index (χ1) is 12.2. The molecule has 5 nitrogen and oxygen atoms in total. The third-order valence-corrected chi connectivity index (χ3v) is 3.87. The Balaban J connectivity index is 2.35. The van der Waals surface area contributed by atoms with E-state index in [9.17, 15) is 4.79 Å². The predicted octanol–water partition coefficient (Wildman–Crippen LogP) is 4.10. The van der Waals surface area contributed by atoms with Crippen molar-refractivity contribution < 1.29 is 19.0 Å². The highest BCUT2D eigenvalue weighted by Gasteiger charge is 2.18. The lowest BCUT2D eigenvalue weighted by atomic mass is 9.99. The van der Waals surface area contributed by atoms with Crippen LogP contribution in [0.3, 0.4) is 0 Å². The molecule has 25 heavy (non-hydrogen) atoms. The molecule has 0 atom stereocenters. The SMILES string of the molecule is CCOC(=O)c1cc(-c2ccccc2)c2c(OC)cc(OC)cc2n1. The molecule has 0 aliphatic heterocycles. The first kappa shape index (κ1) is 16.8. The molecule has 0 aliphatic rings. The molecule has 0 aliphatic carbocycles. The zero-order valence-electron chi connectivity index (χ0n) is 14.4. The Morgan fingerprint density at radius 1 is 1.04 bits per heavy atom. The molecule has 0 amide bonds. The van der Waals surface area contributed by atoms with Crippen LogP contribution in [0.25, 0.3) is 22.0 Å². The van der Waals surface area contributed by atoms with Crippen LogP contribution < -0.4 is 9.47 Å². The molecule has 0 spiro atoms. The summed E-state index contributed by atoms with van der Waals surface area (Å²) in [4.78, 5) is 16.7. The van der Waals surface area contributed by atoms with Crippen LogP contribution >= 0.6 is 0 Å². The second-order valence-corrected chi connectivity index (χ2v) is 5.37. The average molecular weight is 337 g/mol. The Kier molecular flexibility index (Phi) is 4.84. The van der Waals surface area contributed by atoms with Crippen molar-refractivity contribution in [2.45, 2.75) is 6.92 Å². The van der Waals surface area contributed by atoms with Gasteiger partial charge in [0.2, 0.25) is 0 Å². The number of carbonyl (C=O) groups is 1. The molecule has 5 heteroatoms. The number of hydrogen-bond acceptors (Lipinski definition) is 5. The molecule has 1 aromatic heterocycles. The second-order valence-electron chi connectivity index (χ2n) is 5.37. The maximum absolute atomic E-state index is 12.2. The molecule has 0 N–H and O–H groups in total. The minimum Gasteiger partial charge on any atom is -0.497 e. The van der Waals surface area contributed by atoms with Gasteiger partial charge in [-0.2, -0.15) is 0 Å². The van der Waals surface area contributed by atoms with E-state index < -0.39 is 5.97 Å². The molecule has 0 bridgehead atoms. The Labute approximate surface area is 146 Å². The van der Waals surface area contributed by atoms with Crippen LogP contribution in [0.1, 0.15) is 17.4 Å². The number of hydrogen-bond donors (Lipinski definition) is 0. The van der Waals surface area contributed by atoms with Gasteiger partial charge >= 0.3 is 5.97 Å². The number of aromatic nitrogens is 1. The molecule has 3 aromatic rings. The van der Waals surface area contributed by atoms with E-state index in [-0.39, 0.29) is 5.69 Å². The van der Waals surface area contributed by atoms with E-state index in [0.29, 0.717) is 23.6 Å². The molecule has 0 saturated heterocycles. The van der Waals surface area contributed by atoms with Crippen molar-refractivity contribution in [3.63, 3.8) is 0 Å². The van der Waals surface area contributed by atoms with Crippen molar-refractivity contribution in [1.82, 2.24) is 4.98 Å². The van der Waals surface area contributed by atoms with Crippen LogP contribution in [-0.2, 0) is 4.74 Å². The second kappa shape index (κ2) is 7.21. The van der Waals surface area contributed by atoms with Gasteiger partial charge in [-0.15, -0.1) is 0 Å². The van der Waals surface area contributed by atoms with Crippen molar-refractivity contribution in [3.05, 3.63) is 54.2 Å². The summed E-state index contributed by atoms with van der Waals surface area (Å²) in [6, 6.07) is 15.1. The summed E-state index contributed by atoms with van der Waals surface area (Å²) in [6.07, 6.45) is 0. The van der Waals surface area contributed by atoms with Gasteiger partial charge < -0.3 is 14.2 Å². The normalized spacial score (nSPS) is 10.5. The highest BCUT2D eigenvalue weighted by atomic mass is 16.5. The van der Waals surface area contributed by atoms with Crippen LogP contribution in [-0.4, -0.2) is 31.8 Å². The van der Waals surface area contributed by atoms with Crippen LogP contribution in [0.15, 0.2) is 48.5 Å². The van der Waals surface area contributed by atoms with Crippen LogP contribution in [0.5, 0.6) is 11.5 Å². The van der Waals surface area contributed by atoms with E-state index >= 15 is 0 Å². The predicted molar refractivity (Wildman–Crippen MR) is 96.2 cm³/mol. The van der Waals surface area contributed by atoms with E-state index in [0.717, 1.165) is 16.5 Å². The number of fused-ring (bicyclic) bond motifs is 1. The number of benzene rings is 2. The molecule has 2 aromatic carbocycles. The summed E-state index contributed by atoms with van der Waals surface area (Å²) in [6.45, 7) is 2.06. The highest BCUT2D eigenvalue weighted by molar-refractivity contribution is 6.03. The zero-order chi connectivity index (χ0) is 17.8. The van der Waals surface area contributed by atoms with Crippen LogP contribution in [0.2, 0.25) is 0 Å². The summed E-state index contributed by atoms with van der Waals surface area (Å²) in [7, 11) is 3.18. The lowest BCUT2D eigenvalue weighted by Crippen LogP contribution is -2.08. The maximum atomic E-state index is 12.2. The lowest BCUT2D eigenvalue weighted by Gasteiger charge is -2.14. The molecule has 0 unspecified atom stereocenters. The van der Waals surface area contributed by atoms with Crippen molar-refractivity contribution in [3.8, 4) is 22.6 Å². The monoisotopic (exact) mass is 337 g/mol. The van der Waals surface area contributed by atoms with E-state index in [4.69, 9.17) is 14.2 Å². The van der Waals surface area contributed by atoms with E-state index in [2.05, 4.69) is 4.98 Å². The van der Waals surface area contributed by atoms with Gasteiger partial charge in [0.25, 0.3) is 0 Å². The number of nitrogens with zero attached hydrogens (tertiary/aromatic N) is 1. The third-order valence-electron chi connectivity index (χ3n) is 3.87.